The first-order chi connectivity index (χ1) is 16.6. The lowest BCUT2D eigenvalue weighted by atomic mass is 9.99. The van der Waals surface area contributed by atoms with E-state index in [1.54, 1.807) is 54.6 Å². The molecule has 4 aromatic rings. The summed E-state index contributed by atoms with van der Waals surface area (Å²) in [5.41, 5.74) is 8.60. The lowest BCUT2D eigenvalue weighted by molar-refractivity contribution is 0.158. The molecule has 0 spiro atoms. The predicted molar refractivity (Wildman–Crippen MR) is 142 cm³/mol. The molecule has 3 aromatic carbocycles. The highest BCUT2D eigenvalue weighted by atomic mass is 32.2. The monoisotopic (exact) mass is 492 g/mol. The number of nitrogens with two attached hydrogens (primary N) is 1. The van der Waals surface area contributed by atoms with E-state index in [9.17, 15) is 13.5 Å². The number of sulfonamides is 1. The van der Waals surface area contributed by atoms with Gasteiger partial charge in [0.1, 0.15) is 0 Å². The average Bonchev–Trinajstić information content (AvgIpc) is 3.24. The fourth-order valence-electron chi connectivity index (χ4n) is 4.02. The molecule has 0 saturated carbocycles. The Hall–Kier alpha value is -3.33. The molecule has 0 amide bonds. The summed E-state index contributed by atoms with van der Waals surface area (Å²) in [6.45, 7) is 5.37. The van der Waals surface area contributed by atoms with E-state index < -0.39 is 16.1 Å². The van der Waals surface area contributed by atoms with E-state index in [-0.39, 0.29) is 10.4 Å². The molecule has 1 aromatic heterocycles. The molecule has 4 rings (SSSR count). The number of aliphatic hydroxyl groups is 1. The van der Waals surface area contributed by atoms with Crippen LogP contribution < -0.4 is 15.8 Å². The van der Waals surface area contributed by atoms with Crippen LogP contribution in [0.3, 0.4) is 0 Å². The molecule has 0 aliphatic rings. The number of aromatic nitrogens is 1. The van der Waals surface area contributed by atoms with E-state index in [0.29, 0.717) is 17.8 Å². The summed E-state index contributed by atoms with van der Waals surface area (Å²) in [4.78, 5) is 0.188. The highest BCUT2D eigenvalue weighted by molar-refractivity contribution is 7.92. The molecule has 0 saturated heterocycles. The summed E-state index contributed by atoms with van der Waals surface area (Å²) < 4.78 is 30.0. The maximum absolute atomic E-state index is 12.6. The smallest absolute Gasteiger partial charge is 0.261 e. The van der Waals surface area contributed by atoms with Gasteiger partial charge in [-0.3, -0.25) is 4.72 Å². The van der Waals surface area contributed by atoms with Gasteiger partial charge < -0.3 is 20.7 Å². The van der Waals surface area contributed by atoms with Gasteiger partial charge in [-0.15, -0.1) is 0 Å². The Morgan fingerprint density at radius 2 is 1.77 bits per heavy atom. The summed E-state index contributed by atoms with van der Waals surface area (Å²) in [5, 5.41) is 15.4. The minimum atomic E-state index is -3.69. The minimum absolute atomic E-state index is 0.188. The van der Waals surface area contributed by atoms with Crippen LogP contribution in [-0.2, 0) is 16.6 Å². The van der Waals surface area contributed by atoms with Crippen LogP contribution in [-0.4, -0.2) is 30.2 Å². The molecule has 184 valence electrons. The van der Waals surface area contributed by atoms with Crippen molar-refractivity contribution in [1.82, 2.24) is 9.88 Å². The molecule has 0 aliphatic carbocycles. The molecule has 1 atom stereocenters. The summed E-state index contributed by atoms with van der Waals surface area (Å²) in [6.07, 6.45) is 2.13. The zero-order valence-electron chi connectivity index (χ0n) is 20.0. The van der Waals surface area contributed by atoms with E-state index in [2.05, 4.69) is 40.7 Å². The summed E-state index contributed by atoms with van der Waals surface area (Å²) >= 11 is 0. The van der Waals surface area contributed by atoms with Crippen molar-refractivity contribution < 1.29 is 13.5 Å². The van der Waals surface area contributed by atoms with E-state index >= 15 is 0 Å². The number of fused-ring (bicyclic) bond motifs is 1. The van der Waals surface area contributed by atoms with Crippen molar-refractivity contribution in [1.29, 1.82) is 0 Å². The van der Waals surface area contributed by atoms with Crippen LogP contribution in [0.15, 0.2) is 90.0 Å². The Morgan fingerprint density at radius 1 is 1.00 bits per heavy atom. The van der Waals surface area contributed by atoms with Crippen LogP contribution in [0.5, 0.6) is 0 Å². The summed E-state index contributed by atoms with van der Waals surface area (Å²) in [7, 11) is -3.69. The molecule has 5 N–H and O–H groups in total. The first-order valence-corrected chi connectivity index (χ1v) is 13.1. The quantitative estimate of drug-likeness (QED) is 0.244. The number of hydrogen-bond donors (Lipinski definition) is 4. The van der Waals surface area contributed by atoms with Crippen LogP contribution >= 0.6 is 0 Å². The molecular weight excluding hydrogens is 460 g/mol. The molecule has 35 heavy (non-hydrogen) atoms. The average molecular weight is 493 g/mol. The van der Waals surface area contributed by atoms with Gasteiger partial charge in [-0.25, -0.2) is 8.42 Å². The van der Waals surface area contributed by atoms with Crippen LogP contribution in [0, 0.1) is 0 Å². The highest BCUT2D eigenvalue weighted by Crippen LogP contribution is 2.23. The fourth-order valence-corrected chi connectivity index (χ4v) is 5.09. The Bertz CT molecular complexity index is 1400. The first kappa shape index (κ1) is 24.8. The van der Waals surface area contributed by atoms with Crippen molar-refractivity contribution in [3.8, 4) is 0 Å². The van der Waals surface area contributed by atoms with Gasteiger partial charge >= 0.3 is 0 Å². The van der Waals surface area contributed by atoms with Crippen molar-refractivity contribution >= 4 is 32.3 Å². The lowest BCUT2D eigenvalue weighted by Gasteiger charge is -2.28. The molecule has 0 unspecified atom stereocenters. The number of benzene rings is 3. The number of nitrogen functional groups attached to an aromatic ring is 1. The number of rotatable bonds is 10. The zero-order valence-corrected chi connectivity index (χ0v) is 20.8. The molecule has 0 radical (unpaired) electrons. The molecule has 7 nitrogen and oxygen atoms in total. The van der Waals surface area contributed by atoms with Crippen molar-refractivity contribution in [2.75, 3.05) is 17.0 Å². The minimum Gasteiger partial charge on any atom is -0.399 e. The van der Waals surface area contributed by atoms with Gasteiger partial charge in [0.15, 0.2) is 0 Å². The largest absolute Gasteiger partial charge is 0.399 e. The van der Waals surface area contributed by atoms with Crippen molar-refractivity contribution in [2.24, 2.45) is 0 Å². The third kappa shape index (κ3) is 6.22. The van der Waals surface area contributed by atoms with Gasteiger partial charge in [0.2, 0.25) is 0 Å². The van der Waals surface area contributed by atoms with Crippen LogP contribution in [0.1, 0.15) is 31.9 Å². The molecule has 0 aliphatic heterocycles. The van der Waals surface area contributed by atoms with Gasteiger partial charge in [0, 0.05) is 47.1 Å². The molecular formula is C27H32N4O3S. The Labute approximate surface area is 206 Å². The van der Waals surface area contributed by atoms with Gasteiger partial charge in [-0.1, -0.05) is 30.3 Å². The summed E-state index contributed by atoms with van der Waals surface area (Å²) in [6, 6.07) is 23.0. The maximum atomic E-state index is 12.6. The number of anilines is 2. The van der Waals surface area contributed by atoms with Crippen molar-refractivity contribution in [3.05, 3.63) is 90.6 Å². The van der Waals surface area contributed by atoms with Gasteiger partial charge in [-0.05, 0) is 74.4 Å². The number of nitrogens with zero attached hydrogens (tertiary/aromatic N) is 1. The van der Waals surface area contributed by atoms with E-state index in [1.165, 1.54) is 0 Å². The van der Waals surface area contributed by atoms with Crippen LogP contribution in [0.25, 0.3) is 10.9 Å². The van der Waals surface area contributed by atoms with Gasteiger partial charge in [0.25, 0.3) is 10.0 Å². The van der Waals surface area contributed by atoms with Crippen LogP contribution in [0.2, 0.25) is 0 Å². The molecule has 0 bridgehead atoms. The predicted octanol–water partition coefficient (Wildman–Crippen LogP) is 4.52. The maximum Gasteiger partial charge on any atom is 0.261 e. The molecule has 1 heterocycles. The number of aliphatic hydroxyl groups excluding tert-OH is 1. The van der Waals surface area contributed by atoms with Gasteiger partial charge in [0.05, 0.1) is 11.0 Å². The molecule has 8 heteroatoms. The number of β-amino-alcohol motifs (C(OH)–C–C–N with tert-alkyl or cyclic N) is 1. The SMILES string of the molecule is CC(C)(CCn1ccc2cc(N)ccc21)NC[C@H](O)c1cccc(NS(=O)(=O)c2ccccc2)c1. The standard InChI is InChI=1S/C27H32N4O3S/c1-27(2,14-16-31-15-13-20-17-22(28)11-12-25(20)31)29-19-26(32)21-7-6-8-23(18-21)30-35(33,34)24-9-4-3-5-10-24/h3-13,15,17-18,26,29-30,32H,14,16,19,28H2,1-2H3/t26-/m0/s1. The van der Waals surface area contributed by atoms with Crippen LogP contribution in [0.4, 0.5) is 11.4 Å². The third-order valence-electron chi connectivity index (χ3n) is 6.12. The highest BCUT2D eigenvalue weighted by Gasteiger charge is 2.20. The Morgan fingerprint density at radius 3 is 2.54 bits per heavy atom. The van der Waals surface area contributed by atoms with E-state index in [0.717, 1.165) is 29.6 Å². The zero-order chi connectivity index (χ0) is 25.1. The number of nitrogens with one attached hydrogen (secondary N) is 2. The van der Waals surface area contributed by atoms with E-state index in [1.807, 2.05) is 18.2 Å². The molecule has 0 fully saturated rings. The topological polar surface area (TPSA) is 109 Å². The first-order valence-electron chi connectivity index (χ1n) is 11.6. The van der Waals surface area contributed by atoms with Gasteiger partial charge in [-0.2, -0.15) is 0 Å². The fraction of sp³-hybridized carbons (Fsp3) is 0.259. The second-order valence-electron chi connectivity index (χ2n) is 9.40. The summed E-state index contributed by atoms with van der Waals surface area (Å²) in [5.74, 6) is 0. The second kappa shape index (κ2) is 10.1. The number of hydrogen-bond acceptors (Lipinski definition) is 5. The third-order valence-corrected chi connectivity index (χ3v) is 7.52. The lowest BCUT2D eigenvalue weighted by Crippen LogP contribution is -2.42. The second-order valence-corrected chi connectivity index (χ2v) is 11.1. The Balaban J connectivity index is 1.35. The Kier molecular flexibility index (Phi) is 7.16. The van der Waals surface area contributed by atoms with Crippen molar-refractivity contribution in [3.63, 3.8) is 0 Å². The number of aryl methyl sites for hydroxylation is 1. The van der Waals surface area contributed by atoms with E-state index in [4.69, 9.17) is 5.73 Å². The van der Waals surface area contributed by atoms with Crippen molar-refractivity contribution in [2.45, 2.75) is 43.4 Å². The normalized spacial score (nSPS) is 13.1.